The zero-order chi connectivity index (χ0) is 19.5. The van der Waals surface area contributed by atoms with Gasteiger partial charge in [-0.15, -0.1) is 0 Å². The Balaban J connectivity index is 2.03. The molecule has 0 saturated carbocycles. The average Bonchev–Trinajstić information content (AvgIpc) is 2.66. The van der Waals surface area contributed by atoms with Gasteiger partial charge in [-0.3, -0.25) is 0 Å². The lowest BCUT2D eigenvalue weighted by Gasteiger charge is -2.44. The van der Waals surface area contributed by atoms with E-state index in [-0.39, 0.29) is 11.6 Å². The first-order valence-corrected chi connectivity index (χ1v) is 11.2. The first kappa shape index (κ1) is 19.8. The zero-order valence-corrected chi connectivity index (χ0v) is 17.1. The zero-order valence-electron chi connectivity index (χ0n) is 16.1. The Kier molecular flexibility index (Phi) is 5.86. The third kappa shape index (κ3) is 3.87. The van der Waals surface area contributed by atoms with Crippen molar-refractivity contribution in [3.8, 4) is 0 Å². The lowest BCUT2D eigenvalue weighted by molar-refractivity contribution is -0.0783. The maximum absolute atomic E-state index is 10.3. The van der Waals surface area contributed by atoms with E-state index in [4.69, 9.17) is 9.16 Å². The summed E-state index contributed by atoms with van der Waals surface area (Å²) in [6.45, 7) is 6.81. The third-order valence-corrected chi connectivity index (χ3v) is 10.1. The second-order valence-electron chi connectivity index (χ2n) is 7.96. The molecule has 2 aromatic carbocycles. The van der Waals surface area contributed by atoms with Gasteiger partial charge in [-0.25, -0.2) is 0 Å². The molecule has 1 aliphatic rings. The molecule has 0 fully saturated rings. The van der Waals surface area contributed by atoms with Crippen LogP contribution in [-0.4, -0.2) is 43.4 Å². The Morgan fingerprint density at radius 3 is 1.93 bits per heavy atom. The predicted molar refractivity (Wildman–Crippen MR) is 110 cm³/mol. The lowest BCUT2D eigenvalue weighted by atomic mass is 10.1. The largest absolute Gasteiger partial charge is 0.493 e. The van der Waals surface area contributed by atoms with Gasteiger partial charge in [-0.1, -0.05) is 81.4 Å². The number of aliphatic hydroxyl groups is 2. The molecule has 3 atom stereocenters. The molecule has 0 saturated heterocycles. The van der Waals surface area contributed by atoms with Crippen molar-refractivity contribution < 1.29 is 19.4 Å². The van der Waals surface area contributed by atoms with Crippen molar-refractivity contribution in [2.45, 2.75) is 44.1 Å². The van der Waals surface area contributed by atoms with Crippen LogP contribution in [0.1, 0.15) is 20.8 Å². The Hall–Kier alpha value is -1.92. The average molecular weight is 385 g/mol. The van der Waals surface area contributed by atoms with Gasteiger partial charge in [0.05, 0.1) is 12.9 Å². The molecule has 0 radical (unpaired) electrons. The highest BCUT2D eigenvalue weighted by atomic mass is 28.4. The Bertz CT molecular complexity index is 715. The number of hydrogen-bond donors (Lipinski definition) is 2. The minimum atomic E-state index is -2.68. The van der Waals surface area contributed by atoms with Crippen molar-refractivity contribution in [2.24, 2.45) is 0 Å². The highest BCUT2D eigenvalue weighted by molar-refractivity contribution is 6.99. The van der Waals surface area contributed by atoms with E-state index in [0.29, 0.717) is 0 Å². The summed E-state index contributed by atoms with van der Waals surface area (Å²) in [4.78, 5) is 0. The summed E-state index contributed by atoms with van der Waals surface area (Å²) in [6, 6.07) is 20.6. The van der Waals surface area contributed by atoms with Crippen LogP contribution in [0.25, 0.3) is 0 Å². The van der Waals surface area contributed by atoms with Crippen LogP contribution in [0.5, 0.6) is 0 Å². The molecular weight excluding hydrogens is 356 g/mol. The number of ether oxygens (including phenoxy) is 1. The van der Waals surface area contributed by atoms with Crippen molar-refractivity contribution in [2.75, 3.05) is 6.61 Å². The fourth-order valence-corrected chi connectivity index (χ4v) is 8.32. The highest BCUT2D eigenvalue weighted by Gasteiger charge is 2.50. The van der Waals surface area contributed by atoms with Gasteiger partial charge in [0.25, 0.3) is 8.32 Å². The number of rotatable bonds is 5. The fourth-order valence-electron chi connectivity index (χ4n) is 3.75. The van der Waals surface area contributed by atoms with Gasteiger partial charge in [-0.2, -0.15) is 0 Å². The molecule has 0 spiro atoms. The van der Waals surface area contributed by atoms with Crippen LogP contribution in [0.15, 0.2) is 73.0 Å². The van der Waals surface area contributed by atoms with E-state index in [9.17, 15) is 10.2 Å². The van der Waals surface area contributed by atoms with Crippen LogP contribution in [-0.2, 0) is 9.16 Å². The molecule has 0 unspecified atom stereocenters. The Morgan fingerprint density at radius 2 is 1.44 bits per heavy atom. The summed E-state index contributed by atoms with van der Waals surface area (Å²) >= 11 is 0. The maximum Gasteiger partial charge on any atom is 0.261 e. The van der Waals surface area contributed by atoms with Crippen LogP contribution in [0.3, 0.4) is 0 Å². The van der Waals surface area contributed by atoms with Crippen molar-refractivity contribution in [3.63, 3.8) is 0 Å². The maximum atomic E-state index is 10.3. The van der Waals surface area contributed by atoms with Gasteiger partial charge in [0.1, 0.15) is 18.3 Å². The summed E-state index contributed by atoms with van der Waals surface area (Å²) in [5, 5.41) is 22.4. The molecule has 5 heteroatoms. The standard InChI is InChI=1S/C22H28O4Si/c1-22(2,3)27(17-10-6-4-7-11-17,18-12-8-5-9-13-18)26-16-20-21(24)19(23)14-15-25-20/h4-15,19-21,23-24H,16H2,1-3H3/t19-,20-,21-/m0/s1. The molecule has 1 heterocycles. The van der Waals surface area contributed by atoms with E-state index in [1.807, 2.05) is 36.4 Å². The normalized spacial score (nSPS) is 23.1. The lowest BCUT2D eigenvalue weighted by Crippen LogP contribution is -2.67. The second-order valence-corrected chi connectivity index (χ2v) is 12.3. The number of hydrogen-bond acceptors (Lipinski definition) is 4. The van der Waals surface area contributed by atoms with Gasteiger partial charge >= 0.3 is 0 Å². The van der Waals surface area contributed by atoms with E-state index in [0.717, 1.165) is 0 Å². The fraction of sp³-hybridized carbons (Fsp3) is 0.364. The van der Waals surface area contributed by atoms with E-state index < -0.39 is 26.6 Å². The van der Waals surface area contributed by atoms with Gasteiger partial charge in [-0.05, 0) is 21.5 Å². The van der Waals surface area contributed by atoms with Crippen molar-refractivity contribution >= 4 is 18.7 Å². The SMILES string of the molecule is CC(C)(C)[Si](OC[C@@H]1OC=C[C@H](O)[C@@H]1O)(c1ccccc1)c1ccccc1. The topological polar surface area (TPSA) is 58.9 Å². The molecule has 1 aliphatic heterocycles. The molecule has 2 aromatic rings. The van der Waals surface area contributed by atoms with E-state index >= 15 is 0 Å². The van der Waals surface area contributed by atoms with Crippen molar-refractivity contribution in [1.29, 1.82) is 0 Å². The second kappa shape index (κ2) is 7.98. The molecule has 2 N–H and O–H groups in total. The molecule has 0 aliphatic carbocycles. The minimum Gasteiger partial charge on any atom is -0.493 e. The molecule has 3 rings (SSSR count). The van der Waals surface area contributed by atoms with Gasteiger partial charge in [0.15, 0.2) is 0 Å². The summed E-state index contributed by atoms with van der Waals surface area (Å²) < 4.78 is 12.3. The van der Waals surface area contributed by atoms with Crippen LogP contribution in [0.4, 0.5) is 0 Å². The summed E-state index contributed by atoms with van der Waals surface area (Å²) in [5.74, 6) is 0. The molecule has 0 amide bonds. The monoisotopic (exact) mass is 384 g/mol. The molecule has 0 aromatic heterocycles. The van der Waals surface area contributed by atoms with Crippen LogP contribution < -0.4 is 10.4 Å². The van der Waals surface area contributed by atoms with Crippen molar-refractivity contribution in [1.82, 2.24) is 0 Å². The van der Waals surface area contributed by atoms with E-state index in [1.54, 1.807) is 0 Å². The Morgan fingerprint density at radius 1 is 0.926 bits per heavy atom. The van der Waals surface area contributed by atoms with Crippen molar-refractivity contribution in [3.05, 3.63) is 73.0 Å². The first-order valence-electron chi connectivity index (χ1n) is 9.29. The van der Waals surface area contributed by atoms with E-state index in [2.05, 4.69) is 45.0 Å². The van der Waals surface area contributed by atoms with Gasteiger partial charge in [0, 0.05) is 0 Å². The number of benzene rings is 2. The van der Waals surface area contributed by atoms with Crippen LogP contribution in [0, 0.1) is 0 Å². The number of aliphatic hydroxyl groups excluding tert-OH is 2. The van der Waals surface area contributed by atoms with Gasteiger partial charge < -0.3 is 19.4 Å². The third-order valence-electron chi connectivity index (χ3n) is 5.14. The molecular formula is C22H28O4Si. The first-order chi connectivity index (χ1) is 12.9. The van der Waals surface area contributed by atoms with E-state index in [1.165, 1.54) is 22.7 Å². The molecule has 4 nitrogen and oxygen atoms in total. The quantitative estimate of drug-likeness (QED) is 0.776. The summed E-state index contributed by atoms with van der Waals surface area (Å²) in [5.41, 5.74) is 0. The molecule has 0 bridgehead atoms. The molecule has 27 heavy (non-hydrogen) atoms. The predicted octanol–water partition coefficient (Wildman–Crippen LogP) is 2.20. The Labute approximate surface area is 162 Å². The summed E-state index contributed by atoms with van der Waals surface area (Å²) in [7, 11) is -2.68. The molecule has 144 valence electrons. The van der Waals surface area contributed by atoms with Gasteiger partial charge in [0.2, 0.25) is 0 Å². The van der Waals surface area contributed by atoms with Crippen LogP contribution in [0.2, 0.25) is 5.04 Å². The highest BCUT2D eigenvalue weighted by Crippen LogP contribution is 2.37. The smallest absolute Gasteiger partial charge is 0.261 e. The van der Waals surface area contributed by atoms with Crippen LogP contribution >= 0.6 is 0 Å². The minimum absolute atomic E-state index is 0.149. The summed E-state index contributed by atoms with van der Waals surface area (Å²) in [6.07, 6.45) is 0.340.